The largest absolute Gasteiger partial charge is 0.360 e. The summed E-state index contributed by atoms with van der Waals surface area (Å²) >= 11 is 0. The maximum absolute atomic E-state index is 5.32. The molecule has 0 amide bonds. The van der Waals surface area contributed by atoms with Gasteiger partial charge in [0.15, 0.2) is 5.76 Å². The van der Waals surface area contributed by atoms with Gasteiger partial charge in [-0.15, -0.1) is 0 Å². The van der Waals surface area contributed by atoms with Crippen molar-refractivity contribution < 1.29 is 4.52 Å². The summed E-state index contributed by atoms with van der Waals surface area (Å²) in [5.74, 6) is 2.56. The number of rotatable bonds is 4. The minimum absolute atomic E-state index is 0.774. The molecule has 2 unspecified atom stereocenters. The molecular weight excluding hydrogens is 202 g/mol. The van der Waals surface area contributed by atoms with Crippen molar-refractivity contribution in [2.75, 3.05) is 20.1 Å². The minimum Gasteiger partial charge on any atom is -0.360 e. The number of likely N-dealkylation sites (tertiary alicyclic amines) is 1. The van der Waals surface area contributed by atoms with E-state index in [2.05, 4.69) is 29.2 Å². The number of hydrogen-bond acceptors (Lipinski definition) is 4. The van der Waals surface area contributed by atoms with Gasteiger partial charge in [-0.3, -0.25) is 4.90 Å². The van der Waals surface area contributed by atoms with Crippen LogP contribution in [0.2, 0.25) is 0 Å². The van der Waals surface area contributed by atoms with Crippen LogP contribution in [0.4, 0.5) is 0 Å². The molecule has 0 spiro atoms. The Labute approximate surface area is 97.0 Å². The van der Waals surface area contributed by atoms with E-state index < -0.39 is 0 Å². The zero-order chi connectivity index (χ0) is 11.5. The zero-order valence-electron chi connectivity index (χ0n) is 10.4. The van der Waals surface area contributed by atoms with Crippen molar-refractivity contribution in [3.8, 4) is 0 Å². The first-order valence-electron chi connectivity index (χ1n) is 6.00. The Morgan fingerprint density at radius 1 is 1.44 bits per heavy atom. The fraction of sp³-hybridized carbons (Fsp3) is 0.750. The molecule has 16 heavy (non-hydrogen) atoms. The Morgan fingerprint density at radius 3 is 2.75 bits per heavy atom. The SMILES string of the molecule is CNCc1cc(CN2CC(C)C(C)C2)on1. The smallest absolute Gasteiger partial charge is 0.151 e. The molecule has 1 saturated heterocycles. The molecule has 2 atom stereocenters. The van der Waals surface area contributed by atoms with Crippen LogP contribution in [0.25, 0.3) is 0 Å². The van der Waals surface area contributed by atoms with Crippen molar-refractivity contribution in [3.63, 3.8) is 0 Å². The minimum atomic E-state index is 0.774. The molecule has 1 aliphatic rings. The molecule has 4 heteroatoms. The van der Waals surface area contributed by atoms with Gasteiger partial charge < -0.3 is 9.84 Å². The topological polar surface area (TPSA) is 41.3 Å². The van der Waals surface area contributed by atoms with E-state index in [-0.39, 0.29) is 0 Å². The molecule has 0 bridgehead atoms. The molecule has 1 aromatic heterocycles. The van der Waals surface area contributed by atoms with E-state index in [1.807, 2.05) is 13.1 Å². The van der Waals surface area contributed by atoms with Crippen molar-refractivity contribution >= 4 is 0 Å². The van der Waals surface area contributed by atoms with Crippen molar-refractivity contribution in [2.45, 2.75) is 26.9 Å². The van der Waals surface area contributed by atoms with E-state index >= 15 is 0 Å². The van der Waals surface area contributed by atoms with E-state index in [1.54, 1.807) is 0 Å². The van der Waals surface area contributed by atoms with Gasteiger partial charge in [-0.2, -0.15) is 0 Å². The standard InChI is InChI=1S/C12H21N3O/c1-9-6-15(7-10(9)2)8-12-4-11(5-13-3)14-16-12/h4,9-10,13H,5-8H2,1-3H3. The van der Waals surface area contributed by atoms with Crippen LogP contribution in [0, 0.1) is 11.8 Å². The summed E-state index contributed by atoms with van der Waals surface area (Å²) in [6.07, 6.45) is 0. The highest BCUT2D eigenvalue weighted by Crippen LogP contribution is 2.23. The first kappa shape index (κ1) is 11.6. The molecule has 1 fully saturated rings. The fourth-order valence-electron chi connectivity index (χ4n) is 2.29. The van der Waals surface area contributed by atoms with Crippen molar-refractivity contribution in [3.05, 3.63) is 17.5 Å². The van der Waals surface area contributed by atoms with Crippen LogP contribution in [0.15, 0.2) is 10.6 Å². The highest BCUT2D eigenvalue weighted by molar-refractivity contribution is 5.05. The molecule has 1 aliphatic heterocycles. The maximum Gasteiger partial charge on any atom is 0.151 e. The molecule has 2 heterocycles. The number of hydrogen-bond donors (Lipinski definition) is 1. The summed E-state index contributed by atoms with van der Waals surface area (Å²) < 4.78 is 5.32. The van der Waals surface area contributed by atoms with Gasteiger partial charge in [0, 0.05) is 25.7 Å². The molecule has 0 aromatic carbocycles. The normalized spacial score (nSPS) is 26.4. The lowest BCUT2D eigenvalue weighted by Crippen LogP contribution is -2.19. The summed E-state index contributed by atoms with van der Waals surface area (Å²) in [6, 6.07) is 2.05. The predicted octanol–water partition coefficient (Wildman–Crippen LogP) is 1.48. The Morgan fingerprint density at radius 2 is 2.12 bits per heavy atom. The summed E-state index contributed by atoms with van der Waals surface area (Å²) in [7, 11) is 1.91. The highest BCUT2D eigenvalue weighted by Gasteiger charge is 2.26. The molecule has 0 aliphatic carbocycles. The average Bonchev–Trinajstić information content (AvgIpc) is 2.77. The molecule has 1 N–H and O–H groups in total. The van der Waals surface area contributed by atoms with E-state index in [0.717, 1.165) is 36.4 Å². The van der Waals surface area contributed by atoms with Gasteiger partial charge in [0.05, 0.1) is 12.2 Å². The molecule has 0 radical (unpaired) electrons. The van der Waals surface area contributed by atoms with Gasteiger partial charge in [-0.05, 0) is 18.9 Å². The van der Waals surface area contributed by atoms with Crippen LogP contribution in [0.5, 0.6) is 0 Å². The lowest BCUT2D eigenvalue weighted by Gasteiger charge is -2.12. The number of nitrogens with one attached hydrogen (secondary N) is 1. The number of aromatic nitrogens is 1. The second kappa shape index (κ2) is 4.97. The van der Waals surface area contributed by atoms with E-state index in [9.17, 15) is 0 Å². The van der Waals surface area contributed by atoms with Crippen molar-refractivity contribution in [1.29, 1.82) is 0 Å². The Bertz CT molecular complexity index is 327. The molecule has 4 nitrogen and oxygen atoms in total. The third kappa shape index (κ3) is 2.62. The zero-order valence-corrected chi connectivity index (χ0v) is 10.4. The van der Waals surface area contributed by atoms with Crippen molar-refractivity contribution in [2.24, 2.45) is 11.8 Å². The summed E-state index contributed by atoms with van der Waals surface area (Å²) in [4.78, 5) is 2.44. The summed E-state index contributed by atoms with van der Waals surface area (Å²) in [5.41, 5.74) is 0.984. The van der Waals surface area contributed by atoms with E-state index in [4.69, 9.17) is 4.52 Å². The van der Waals surface area contributed by atoms with Crippen LogP contribution in [-0.2, 0) is 13.1 Å². The first-order chi connectivity index (χ1) is 7.69. The van der Waals surface area contributed by atoms with Crippen LogP contribution in [0.3, 0.4) is 0 Å². The predicted molar refractivity (Wildman–Crippen MR) is 62.9 cm³/mol. The Kier molecular flexibility index (Phi) is 3.61. The third-order valence-corrected chi connectivity index (χ3v) is 3.41. The van der Waals surface area contributed by atoms with Gasteiger partial charge in [0.1, 0.15) is 0 Å². The second-order valence-electron chi connectivity index (χ2n) is 4.96. The lowest BCUT2D eigenvalue weighted by molar-refractivity contribution is 0.264. The number of nitrogens with zero attached hydrogens (tertiary/aromatic N) is 2. The first-order valence-corrected chi connectivity index (χ1v) is 6.00. The van der Waals surface area contributed by atoms with Gasteiger partial charge in [-0.25, -0.2) is 0 Å². The van der Waals surface area contributed by atoms with E-state index in [0.29, 0.717) is 0 Å². The van der Waals surface area contributed by atoms with E-state index in [1.165, 1.54) is 13.1 Å². The van der Waals surface area contributed by atoms with Crippen LogP contribution < -0.4 is 5.32 Å². The molecule has 1 aromatic rings. The Hall–Kier alpha value is -0.870. The Balaban J connectivity index is 1.89. The molecule has 0 saturated carbocycles. The van der Waals surface area contributed by atoms with Crippen LogP contribution >= 0.6 is 0 Å². The van der Waals surface area contributed by atoms with Crippen LogP contribution in [0.1, 0.15) is 25.3 Å². The maximum atomic E-state index is 5.32. The van der Waals surface area contributed by atoms with Crippen molar-refractivity contribution in [1.82, 2.24) is 15.4 Å². The molecule has 90 valence electrons. The average molecular weight is 223 g/mol. The lowest BCUT2D eigenvalue weighted by atomic mass is 10.0. The van der Waals surface area contributed by atoms with Gasteiger partial charge in [0.25, 0.3) is 0 Å². The van der Waals surface area contributed by atoms with Gasteiger partial charge >= 0.3 is 0 Å². The summed E-state index contributed by atoms with van der Waals surface area (Å²) in [6.45, 7) is 8.64. The van der Waals surface area contributed by atoms with Crippen LogP contribution in [-0.4, -0.2) is 30.2 Å². The third-order valence-electron chi connectivity index (χ3n) is 3.41. The fourth-order valence-corrected chi connectivity index (χ4v) is 2.29. The molecular formula is C12H21N3O. The van der Waals surface area contributed by atoms with Gasteiger partial charge in [-0.1, -0.05) is 19.0 Å². The second-order valence-corrected chi connectivity index (χ2v) is 4.96. The quantitative estimate of drug-likeness (QED) is 0.839. The van der Waals surface area contributed by atoms with Gasteiger partial charge in [0.2, 0.25) is 0 Å². The monoisotopic (exact) mass is 223 g/mol. The molecule has 2 rings (SSSR count). The summed E-state index contributed by atoms with van der Waals surface area (Å²) in [5, 5.41) is 7.09. The highest BCUT2D eigenvalue weighted by atomic mass is 16.5.